The molecule has 0 aliphatic rings. The number of hydrazone groups is 1. The van der Waals surface area contributed by atoms with Gasteiger partial charge in [0.05, 0.1) is 36.1 Å². The highest BCUT2D eigenvalue weighted by Gasteiger charge is 2.22. The summed E-state index contributed by atoms with van der Waals surface area (Å²) in [5.74, 6) is -0.802. The number of benzene rings is 2. The fourth-order valence-corrected chi connectivity index (χ4v) is 2.38. The molecule has 0 atom stereocenters. The molecule has 9 heteroatoms. The van der Waals surface area contributed by atoms with Crippen LogP contribution in [0.3, 0.4) is 0 Å². The van der Waals surface area contributed by atoms with Crippen LogP contribution in [0.1, 0.15) is 35.7 Å². The number of rotatable bonds is 10. The van der Waals surface area contributed by atoms with Gasteiger partial charge in [-0.3, -0.25) is 15.5 Å². The van der Waals surface area contributed by atoms with Crippen LogP contribution in [0.2, 0.25) is 0 Å². The summed E-state index contributed by atoms with van der Waals surface area (Å²) < 4.78 is 10.8. The Kier molecular flexibility index (Phi) is 7.32. The molecule has 0 radical (unpaired) electrons. The number of carboxylic acid groups (broad SMARTS) is 1. The van der Waals surface area contributed by atoms with Gasteiger partial charge in [-0.25, -0.2) is 4.79 Å². The van der Waals surface area contributed by atoms with E-state index in [2.05, 4.69) is 10.5 Å². The van der Waals surface area contributed by atoms with Gasteiger partial charge in [-0.1, -0.05) is 25.5 Å². The van der Waals surface area contributed by atoms with E-state index in [4.69, 9.17) is 14.6 Å². The van der Waals surface area contributed by atoms with Crippen molar-refractivity contribution in [3.05, 3.63) is 57.6 Å². The average molecular weight is 387 g/mol. The van der Waals surface area contributed by atoms with E-state index >= 15 is 0 Å². The molecule has 2 rings (SSSR count). The number of anilines is 1. The van der Waals surface area contributed by atoms with Gasteiger partial charge in [-0.15, -0.1) is 0 Å². The van der Waals surface area contributed by atoms with E-state index in [1.54, 1.807) is 24.3 Å². The van der Waals surface area contributed by atoms with Gasteiger partial charge in [0.15, 0.2) is 5.75 Å². The highest BCUT2D eigenvalue weighted by atomic mass is 16.6. The number of para-hydroxylation sites is 1. The van der Waals surface area contributed by atoms with E-state index < -0.39 is 10.9 Å². The van der Waals surface area contributed by atoms with Gasteiger partial charge < -0.3 is 14.6 Å². The number of carboxylic acids is 1. The molecule has 2 aromatic rings. The van der Waals surface area contributed by atoms with Crippen LogP contribution >= 0.6 is 0 Å². The molecule has 0 aliphatic carbocycles. The number of carbonyl (C=O) groups is 1. The summed E-state index contributed by atoms with van der Waals surface area (Å²) in [7, 11) is 1.40. The summed E-state index contributed by atoms with van der Waals surface area (Å²) in [5, 5.41) is 24.6. The predicted molar refractivity (Wildman–Crippen MR) is 105 cm³/mol. The molecule has 148 valence electrons. The van der Waals surface area contributed by atoms with Crippen LogP contribution in [-0.2, 0) is 0 Å². The molecule has 0 fully saturated rings. The molecule has 0 unspecified atom stereocenters. The van der Waals surface area contributed by atoms with Crippen molar-refractivity contribution in [2.24, 2.45) is 5.10 Å². The minimum Gasteiger partial charge on any atom is -0.493 e. The Balaban J connectivity index is 2.28. The fourth-order valence-electron chi connectivity index (χ4n) is 2.38. The van der Waals surface area contributed by atoms with Gasteiger partial charge in [0.25, 0.3) is 0 Å². The van der Waals surface area contributed by atoms with E-state index in [9.17, 15) is 14.9 Å². The van der Waals surface area contributed by atoms with Gasteiger partial charge in [0.2, 0.25) is 5.75 Å². The monoisotopic (exact) mass is 387 g/mol. The van der Waals surface area contributed by atoms with E-state index in [1.807, 2.05) is 6.92 Å². The molecule has 0 spiro atoms. The summed E-state index contributed by atoms with van der Waals surface area (Å²) in [6.45, 7) is 2.33. The number of ether oxygens (including phenoxy) is 2. The quantitative estimate of drug-likeness (QED) is 0.274. The largest absolute Gasteiger partial charge is 0.493 e. The van der Waals surface area contributed by atoms with Gasteiger partial charge >= 0.3 is 11.7 Å². The molecule has 0 bridgehead atoms. The average Bonchev–Trinajstić information content (AvgIpc) is 2.68. The Morgan fingerprint density at radius 2 is 2.11 bits per heavy atom. The summed E-state index contributed by atoms with van der Waals surface area (Å²) in [6, 6.07) is 9.15. The van der Waals surface area contributed by atoms with Gasteiger partial charge in [0, 0.05) is 11.6 Å². The number of nitro benzene ring substituents is 1. The summed E-state index contributed by atoms with van der Waals surface area (Å²) in [4.78, 5) is 22.1. The Morgan fingerprint density at radius 3 is 2.75 bits per heavy atom. The third kappa shape index (κ3) is 5.19. The molecular formula is C19H21N3O6. The Labute approximate surface area is 161 Å². The molecule has 0 aromatic heterocycles. The highest BCUT2D eigenvalue weighted by molar-refractivity contribution is 5.94. The van der Waals surface area contributed by atoms with Crippen LogP contribution in [0.4, 0.5) is 11.4 Å². The lowest BCUT2D eigenvalue weighted by Crippen LogP contribution is -2.04. The third-order valence-electron chi connectivity index (χ3n) is 3.77. The lowest BCUT2D eigenvalue weighted by atomic mass is 10.2. The SMILES string of the molecule is CCCCOc1c(OC)cc(C=NNc2ccccc2C(=O)O)cc1[N+](=O)[O-]. The minimum absolute atomic E-state index is 0.0582. The first kappa shape index (κ1) is 20.7. The second-order valence-corrected chi connectivity index (χ2v) is 5.75. The number of nitrogens with zero attached hydrogens (tertiary/aromatic N) is 2. The third-order valence-corrected chi connectivity index (χ3v) is 3.77. The second kappa shape index (κ2) is 9.91. The van der Waals surface area contributed by atoms with Crippen LogP contribution in [0.5, 0.6) is 11.5 Å². The molecule has 0 heterocycles. The molecule has 9 nitrogen and oxygen atoms in total. The first-order valence-corrected chi connectivity index (χ1v) is 8.58. The van der Waals surface area contributed by atoms with Crippen LogP contribution in [0.15, 0.2) is 41.5 Å². The van der Waals surface area contributed by atoms with Crippen LogP contribution in [-0.4, -0.2) is 35.9 Å². The number of hydrogen-bond acceptors (Lipinski definition) is 7. The second-order valence-electron chi connectivity index (χ2n) is 5.75. The molecule has 0 aliphatic heterocycles. The van der Waals surface area contributed by atoms with Crippen molar-refractivity contribution in [3.63, 3.8) is 0 Å². The summed E-state index contributed by atoms with van der Waals surface area (Å²) in [6.07, 6.45) is 2.99. The maximum atomic E-state index is 11.4. The fraction of sp³-hybridized carbons (Fsp3) is 0.263. The van der Waals surface area contributed by atoms with Gasteiger partial charge in [-0.2, -0.15) is 5.10 Å². The molecule has 28 heavy (non-hydrogen) atoms. The Hall–Kier alpha value is -3.62. The van der Waals surface area contributed by atoms with Crippen LogP contribution in [0.25, 0.3) is 0 Å². The number of nitrogens with one attached hydrogen (secondary N) is 1. The van der Waals surface area contributed by atoms with E-state index in [0.717, 1.165) is 12.8 Å². The molecular weight excluding hydrogens is 366 g/mol. The minimum atomic E-state index is -1.09. The van der Waals surface area contributed by atoms with Crippen molar-refractivity contribution in [1.29, 1.82) is 0 Å². The maximum Gasteiger partial charge on any atom is 0.337 e. The number of aromatic carboxylic acids is 1. The first-order valence-electron chi connectivity index (χ1n) is 8.58. The Bertz CT molecular complexity index is 882. The van der Waals surface area contributed by atoms with Crippen molar-refractivity contribution >= 4 is 23.6 Å². The first-order chi connectivity index (χ1) is 13.5. The van der Waals surface area contributed by atoms with Crippen molar-refractivity contribution in [2.45, 2.75) is 19.8 Å². The lowest BCUT2D eigenvalue weighted by Gasteiger charge is -2.11. The molecule has 0 saturated carbocycles. The zero-order valence-electron chi connectivity index (χ0n) is 15.5. The predicted octanol–water partition coefficient (Wildman–Crippen LogP) is 3.93. The number of unbranched alkanes of at least 4 members (excludes halogenated alkanes) is 1. The number of hydrogen-bond donors (Lipinski definition) is 2. The zero-order chi connectivity index (χ0) is 20.5. The zero-order valence-corrected chi connectivity index (χ0v) is 15.5. The van der Waals surface area contributed by atoms with E-state index in [-0.39, 0.29) is 22.7 Å². The number of methoxy groups -OCH3 is 1. The van der Waals surface area contributed by atoms with Crippen molar-refractivity contribution in [1.82, 2.24) is 0 Å². The maximum absolute atomic E-state index is 11.4. The van der Waals surface area contributed by atoms with Crippen LogP contribution < -0.4 is 14.9 Å². The van der Waals surface area contributed by atoms with Crippen molar-refractivity contribution < 1.29 is 24.3 Å². The lowest BCUT2D eigenvalue weighted by molar-refractivity contribution is -0.386. The van der Waals surface area contributed by atoms with Crippen molar-refractivity contribution in [2.75, 3.05) is 19.1 Å². The summed E-state index contributed by atoms with van der Waals surface area (Å²) >= 11 is 0. The van der Waals surface area contributed by atoms with Crippen LogP contribution in [0, 0.1) is 10.1 Å². The molecule has 2 aromatic carbocycles. The molecule has 0 saturated heterocycles. The molecule has 0 amide bonds. The number of nitro groups is 1. The highest BCUT2D eigenvalue weighted by Crippen LogP contribution is 2.38. The van der Waals surface area contributed by atoms with E-state index in [1.165, 1.54) is 25.5 Å². The topological polar surface area (TPSA) is 123 Å². The normalized spacial score (nSPS) is 10.6. The van der Waals surface area contributed by atoms with E-state index in [0.29, 0.717) is 17.9 Å². The van der Waals surface area contributed by atoms with Gasteiger partial charge in [0.1, 0.15) is 0 Å². The summed E-state index contributed by atoms with van der Waals surface area (Å²) in [5.41, 5.74) is 3.15. The Morgan fingerprint density at radius 1 is 1.36 bits per heavy atom. The standard InChI is InChI=1S/C19H21N3O6/c1-3-4-9-28-18-16(22(25)26)10-13(11-17(18)27-2)12-20-21-15-8-6-5-7-14(15)19(23)24/h5-8,10-12,21H,3-4,9H2,1-2H3,(H,23,24). The van der Waals surface area contributed by atoms with Crippen molar-refractivity contribution in [3.8, 4) is 11.5 Å². The molecule has 2 N–H and O–H groups in total. The van der Waals surface area contributed by atoms with Gasteiger partial charge in [-0.05, 0) is 24.6 Å². The smallest absolute Gasteiger partial charge is 0.337 e.